The summed E-state index contributed by atoms with van der Waals surface area (Å²) in [7, 11) is 1.61. The lowest BCUT2D eigenvalue weighted by Crippen LogP contribution is -2.09. The maximum Gasteiger partial charge on any atom is 0.253 e. The summed E-state index contributed by atoms with van der Waals surface area (Å²) in [5.41, 5.74) is 7.19. The van der Waals surface area contributed by atoms with Gasteiger partial charge in [-0.2, -0.15) is 5.26 Å². The predicted octanol–water partition coefficient (Wildman–Crippen LogP) is 2.90. The Balaban J connectivity index is 2.20. The first kappa shape index (κ1) is 15.7. The van der Waals surface area contributed by atoms with Gasteiger partial charge in [0.05, 0.1) is 13.2 Å². The Labute approximate surface area is 130 Å². The molecule has 6 heteroatoms. The highest BCUT2D eigenvalue weighted by Gasteiger charge is 2.19. The summed E-state index contributed by atoms with van der Waals surface area (Å²) in [4.78, 5) is 0. The molecule has 1 atom stereocenters. The van der Waals surface area contributed by atoms with Gasteiger partial charge in [0.1, 0.15) is 24.2 Å². The Bertz CT molecular complexity index is 688. The van der Waals surface area contributed by atoms with Gasteiger partial charge < -0.3 is 15.2 Å². The van der Waals surface area contributed by atoms with E-state index in [0.717, 1.165) is 17.7 Å². The molecule has 1 aromatic carbocycles. The Hall–Kier alpha value is -2.68. The minimum absolute atomic E-state index is 0.112. The first-order valence-corrected chi connectivity index (χ1v) is 7.14. The van der Waals surface area contributed by atoms with Crippen molar-refractivity contribution in [1.29, 1.82) is 5.26 Å². The van der Waals surface area contributed by atoms with E-state index in [4.69, 9.17) is 15.2 Å². The van der Waals surface area contributed by atoms with Gasteiger partial charge in [-0.3, -0.25) is 0 Å². The molecule has 116 valence electrons. The van der Waals surface area contributed by atoms with E-state index in [1.165, 1.54) is 0 Å². The second-order valence-electron chi connectivity index (χ2n) is 5.02. The number of anilines is 1. The average molecular weight is 300 g/mol. The Morgan fingerprint density at radius 2 is 2.23 bits per heavy atom. The van der Waals surface area contributed by atoms with Crippen molar-refractivity contribution in [3.05, 3.63) is 35.4 Å². The third-order valence-corrected chi connectivity index (χ3v) is 3.55. The topological polar surface area (TPSA) is 86.1 Å². The van der Waals surface area contributed by atoms with Crippen molar-refractivity contribution in [1.82, 2.24) is 9.78 Å². The van der Waals surface area contributed by atoms with Gasteiger partial charge in [-0.05, 0) is 31.0 Å². The largest absolute Gasteiger partial charge is 0.497 e. The summed E-state index contributed by atoms with van der Waals surface area (Å²) in [6, 6.07) is 9.72. The van der Waals surface area contributed by atoms with Gasteiger partial charge >= 0.3 is 0 Å². The number of hydrogen-bond acceptors (Lipinski definition) is 5. The number of nitriles is 1. The van der Waals surface area contributed by atoms with Crippen LogP contribution in [0.1, 0.15) is 37.4 Å². The minimum atomic E-state index is 0.112. The van der Waals surface area contributed by atoms with Crippen molar-refractivity contribution >= 4 is 5.82 Å². The van der Waals surface area contributed by atoms with Crippen LogP contribution in [0.5, 0.6) is 11.6 Å². The van der Waals surface area contributed by atoms with Gasteiger partial charge in [-0.1, -0.05) is 19.1 Å². The number of ether oxygens (including phenoxy) is 2. The molecule has 1 heterocycles. The summed E-state index contributed by atoms with van der Waals surface area (Å²) in [5.74, 6) is 1.37. The molecule has 0 saturated heterocycles. The van der Waals surface area contributed by atoms with Crippen LogP contribution in [0, 0.1) is 11.3 Å². The second kappa shape index (κ2) is 6.85. The van der Waals surface area contributed by atoms with Crippen LogP contribution >= 0.6 is 0 Å². The fourth-order valence-corrected chi connectivity index (χ4v) is 2.05. The lowest BCUT2D eigenvalue weighted by molar-refractivity contribution is 0.285. The highest BCUT2D eigenvalue weighted by atomic mass is 16.5. The van der Waals surface area contributed by atoms with Crippen molar-refractivity contribution in [2.45, 2.75) is 32.9 Å². The molecule has 22 heavy (non-hydrogen) atoms. The molecule has 0 fully saturated rings. The van der Waals surface area contributed by atoms with Crippen LogP contribution in [0.4, 0.5) is 5.82 Å². The molecule has 0 aliphatic rings. The van der Waals surface area contributed by atoms with Crippen LogP contribution in [-0.4, -0.2) is 16.9 Å². The second-order valence-corrected chi connectivity index (χ2v) is 5.02. The van der Waals surface area contributed by atoms with Crippen LogP contribution in [0.25, 0.3) is 0 Å². The summed E-state index contributed by atoms with van der Waals surface area (Å²) < 4.78 is 12.5. The van der Waals surface area contributed by atoms with E-state index in [1.54, 1.807) is 11.8 Å². The van der Waals surface area contributed by atoms with E-state index in [-0.39, 0.29) is 17.5 Å². The minimum Gasteiger partial charge on any atom is -0.497 e. The molecule has 0 aliphatic heterocycles. The van der Waals surface area contributed by atoms with Crippen molar-refractivity contribution in [2.24, 2.45) is 0 Å². The number of benzene rings is 1. The first-order valence-electron chi connectivity index (χ1n) is 7.14. The zero-order valence-electron chi connectivity index (χ0n) is 13.0. The zero-order valence-corrected chi connectivity index (χ0v) is 13.0. The van der Waals surface area contributed by atoms with E-state index in [1.807, 2.05) is 38.1 Å². The molecule has 6 nitrogen and oxygen atoms in total. The number of nitrogens with two attached hydrogens (primary N) is 1. The molecule has 0 aliphatic carbocycles. The lowest BCUT2D eigenvalue weighted by Gasteiger charge is -2.10. The summed E-state index contributed by atoms with van der Waals surface area (Å²) in [6.07, 6.45) is 0.867. The van der Waals surface area contributed by atoms with Gasteiger partial charge in [0, 0.05) is 0 Å². The number of aromatic nitrogens is 2. The van der Waals surface area contributed by atoms with Crippen LogP contribution < -0.4 is 15.2 Å². The Morgan fingerprint density at radius 1 is 1.45 bits per heavy atom. The molecule has 2 aromatic rings. The van der Waals surface area contributed by atoms with Crippen molar-refractivity contribution in [3.63, 3.8) is 0 Å². The number of nitrogen functional groups attached to an aromatic ring is 1. The van der Waals surface area contributed by atoms with Crippen molar-refractivity contribution in [3.8, 4) is 17.7 Å². The molecule has 2 rings (SSSR count). The smallest absolute Gasteiger partial charge is 0.253 e. The normalized spacial score (nSPS) is 11.7. The predicted molar refractivity (Wildman–Crippen MR) is 83.7 cm³/mol. The highest BCUT2D eigenvalue weighted by molar-refractivity contribution is 5.55. The van der Waals surface area contributed by atoms with Crippen LogP contribution in [0.2, 0.25) is 0 Å². The molecule has 0 radical (unpaired) electrons. The van der Waals surface area contributed by atoms with Crippen LogP contribution in [-0.2, 0) is 6.61 Å². The van der Waals surface area contributed by atoms with E-state index < -0.39 is 0 Å². The SMILES string of the molecule is CCC(C)n1nc(OCc2cccc(OC)c2)c(C#N)c1N. The number of nitrogens with zero attached hydrogens (tertiary/aromatic N) is 3. The standard InChI is InChI=1S/C16H20N4O2/c1-4-11(2)20-15(18)14(9-17)16(19-20)22-10-12-6-5-7-13(8-12)21-3/h5-8,11H,4,10,18H2,1-3H3. The van der Waals surface area contributed by atoms with E-state index in [0.29, 0.717) is 12.4 Å². The van der Waals surface area contributed by atoms with E-state index in [2.05, 4.69) is 11.2 Å². The number of hydrogen-bond donors (Lipinski definition) is 1. The number of methoxy groups -OCH3 is 1. The zero-order chi connectivity index (χ0) is 16.1. The molecule has 0 bridgehead atoms. The van der Waals surface area contributed by atoms with Crippen LogP contribution in [0.3, 0.4) is 0 Å². The molecule has 2 N–H and O–H groups in total. The molecule has 1 unspecified atom stereocenters. The maximum absolute atomic E-state index is 9.26. The molecular weight excluding hydrogens is 280 g/mol. The highest BCUT2D eigenvalue weighted by Crippen LogP contribution is 2.27. The molecular formula is C16H20N4O2. The molecule has 1 aromatic heterocycles. The average Bonchev–Trinajstić information content (AvgIpc) is 2.88. The lowest BCUT2D eigenvalue weighted by atomic mass is 10.2. The Morgan fingerprint density at radius 3 is 2.86 bits per heavy atom. The van der Waals surface area contributed by atoms with Crippen molar-refractivity contribution in [2.75, 3.05) is 12.8 Å². The van der Waals surface area contributed by atoms with Gasteiger partial charge in [0.2, 0.25) is 0 Å². The molecule has 0 amide bonds. The maximum atomic E-state index is 9.26. The van der Waals surface area contributed by atoms with Gasteiger partial charge in [-0.15, -0.1) is 5.10 Å². The van der Waals surface area contributed by atoms with Crippen LogP contribution in [0.15, 0.2) is 24.3 Å². The monoisotopic (exact) mass is 300 g/mol. The van der Waals surface area contributed by atoms with Gasteiger partial charge in [0.15, 0.2) is 5.56 Å². The summed E-state index contributed by atoms with van der Waals surface area (Å²) in [6.45, 7) is 4.33. The van der Waals surface area contributed by atoms with Gasteiger partial charge in [0.25, 0.3) is 5.88 Å². The fraction of sp³-hybridized carbons (Fsp3) is 0.375. The molecule has 0 saturated carbocycles. The van der Waals surface area contributed by atoms with E-state index in [9.17, 15) is 5.26 Å². The van der Waals surface area contributed by atoms with Crippen molar-refractivity contribution < 1.29 is 9.47 Å². The Kier molecular flexibility index (Phi) is 4.89. The van der Waals surface area contributed by atoms with E-state index >= 15 is 0 Å². The molecule has 0 spiro atoms. The quantitative estimate of drug-likeness (QED) is 0.886. The summed E-state index contributed by atoms with van der Waals surface area (Å²) in [5, 5.41) is 13.6. The summed E-state index contributed by atoms with van der Waals surface area (Å²) >= 11 is 0. The van der Waals surface area contributed by atoms with Gasteiger partial charge in [-0.25, -0.2) is 4.68 Å². The first-order chi connectivity index (χ1) is 10.6. The number of rotatable bonds is 6. The fourth-order valence-electron chi connectivity index (χ4n) is 2.05. The third kappa shape index (κ3) is 3.14. The third-order valence-electron chi connectivity index (χ3n) is 3.55.